The lowest BCUT2D eigenvalue weighted by Crippen LogP contribution is -2.40. The van der Waals surface area contributed by atoms with E-state index in [1.54, 1.807) is 44.2 Å². The molecule has 0 amide bonds. The van der Waals surface area contributed by atoms with Crippen LogP contribution >= 0.6 is 59.1 Å². The highest BCUT2D eigenvalue weighted by Gasteiger charge is 2.35. The summed E-state index contributed by atoms with van der Waals surface area (Å²) in [4.78, 5) is 32.1. The van der Waals surface area contributed by atoms with Crippen molar-refractivity contribution in [3.63, 3.8) is 0 Å². The maximum absolute atomic E-state index is 13.9. The molecule has 12 heteroatoms. The summed E-state index contributed by atoms with van der Waals surface area (Å²) in [6, 6.07) is 6.06. The number of methoxy groups -OCH3 is 1. The first-order valence-electron chi connectivity index (χ1n) is 11.5. The monoisotopic (exact) mass is 728 g/mol. The molecule has 0 aliphatic carbocycles. The van der Waals surface area contributed by atoms with Crippen molar-refractivity contribution in [1.29, 1.82) is 0 Å². The van der Waals surface area contributed by atoms with Crippen LogP contribution in [-0.2, 0) is 9.53 Å². The number of carbonyl (C=O) groups is 1. The molecule has 1 aromatic heterocycles. The minimum atomic E-state index is -0.853. The Bertz CT molecular complexity index is 1640. The van der Waals surface area contributed by atoms with Crippen LogP contribution in [-0.4, -0.2) is 36.0 Å². The van der Waals surface area contributed by atoms with E-state index in [9.17, 15) is 14.7 Å². The zero-order valence-electron chi connectivity index (χ0n) is 20.8. The summed E-state index contributed by atoms with van der Waals surface area (Å²) in [6.07, 6.45) is 1.60. The Labute approximate surface area is 247 Å². The van der Waals surface area contributed by atoms with E-state index in [1.165, 1.54) is 11.7 Å². The molecule has 1 atom stereocenters. The van der Waals surface area contributed by atoms with Crippen LogP contribution in [0.2, 0.25) is 0 Å². The van der Waals surface area contributed by atoms with Crippen LogP contribution in [0.1, 0.15) is 37.9 Å². The number of aromatic nitrogens is 1. The van der Waals surface area contributed by atoms with Gasteiger partial charge in [0.1, 0.15) is 5.75 Å². The number of carbonyl (C=O) groups excluding carboxylic acids is 1. The number of phenols is 1. The molecule has 0 saturated heterocycles. The van der Waals surface area contributed by atoms with Gasteiger partial charge in [-0.2, -0.15) is 0 Å². The Morgan fingerprint density at radius 2 is 1.87 bits per heavy atom. The number of thiazole rings is 1. The summed E-state index contributed by atoms with van der Waals surface area (Å²) < 4.78 is 20.3. The molecule has 1 aliphatic heterocycles. The number of aromatic hydroxyl groups is 1. The van der Waals surface area contributed by atoms with Gasteiger partial charge in [0.2, 0.25) is 0 Å². The molecule has 4 rings (SSSR count). The van der Waals surface area contributed by atoms with Crippen molar-refractivity contribution in [3.05, 3.63) is 79.8 Å². The van der Waals surface area contributed by atoms with Gasteiger partial charge < -0.3 is 19.3 Å². The number of hydrogen-bond acceptors (Lipinski definition) is 8. The van der Waals surface area contributed by atoms with E-state index in [0.29, 0.717) is 53.2 Å². The predicted molar refractivity (Wildman–Crippen MR) is 156 cm³/mol. The van der Waals surface area contributed by atoms with Crippen LogP contribution in [0.25, 0.3) is 6.08 Å². The Balaban J connectivity index is 2.02. The molecule has 200 valence electrons. The molecule has 38 heavy (non-hydrogen) atoms. The van der Waals surface area contributed by atoms with Gasteiger partial charge in [-0.3, -0.25) is 9.36 Å². The van der Waals surface area contributed by atoms with Gasteiger partial charge in [0.25, 0.3) is 5.56 Å². The highest BCUT2D eigenvalue weighted by atomic mass is 79.9. The fourth-order valence-electron chi connectivity index (χ4n) is 4.11. The number of nitrogens with zero attached hydrogens (tertiary/aromatic N) is 2. The maximum atomic E-state index is 13.9. The van der Waals surface area contributed by atoms with Gasteiger partial charge in [-0.1, -0.05) is 43.2 Å². The van der Waals surface area contributed by atoms with Crippen molar-refractivity contribution >= 4 is 71.2 Å². The van der Waals surface area contributed by atoms with E-state index < -0.39 is 12.0 Å². The molecule has 3 aromatic rings. The molecule has 0 saturated carbocycles. The lowest BCUT2D eigenvalue weighted by atomic mass is 9.95. The van der Waals surface area contributed by atoms with Crippen molar-refractivity contribution in [2.45, 2.75) is 26.8 Å². The quantitative estimate of drug-likeness (QED) is 0.336. The van der Waals surface area contributed by atoms with E-state index in [0.717, 1.165) is 15.8 Å². The van der Waals surface area contributed by atoms with Crippen LogP contribution in [0, 0.1) is 0 Å². The standard InChI is InChI=1S/C26H23Br3N2O6S/c1-5-36-19-11-16(28)15(10-18(19)35-4)22-21(25(34)37-6-2)12(3)30-26-31(22)24(33)20(38-26)8-13-7-14(27)9-17(29)23(13)32/h7-11,22,32H,5-6H2,1-4H3/b20-8+/t22-/m1/s1. The molecule has 0 radical (unpaired) electrons. The first-order valence-corrected chi connectivity index (χ1v) is 14.7. The second-order valence-corrected chi connectivity index (χ2v) is 11.7. The lowest BCUT2D eigenvalue weighted by Gasteiger charge is -2.26. The van der Waals surface area contributed by atoms with Crippen molar-refractivity contribution in [3.8, 4) is 17.2 Å². The molecule has 0 bridgehead atoms. The number of ether oxygens (including phenoxy) is 3. The predicted octanol–water partition coefficient (Wildman–Crippen LogP) is 5.20. The van der Waals surface area contributed by atoms with Gasteiger partial charge in [0.15, 0.2) is 16.3 Å². The normalized spacial score (nSPS) is 15.2. The van der Waals surface area contributed by atoms with Crippen molar-refractivity contribution in [2.75, 3.05) is 20.3 Å². The Morgan fingerprint density at radius 3 is 2.53 bits per heavy atom. The average Bonchev–Trinajstić information content (AvgIpc) is 3.16. The molecule has 0 spiro atoms. The second-order valence-electron chi connectivity index (χ2n) is 8.09. The number of benzene rings is 2. The van der Waals surface area contributed by atoms with Crippen LogP contribution < -0.4 is 24.4 Å². The fourth-order valence-corrected chi connectivity index (χ4v) is 6.95. The molecule has 0 unspecified atom stereocenters. The van der Waals surface area contributed by atoms with Crippen LogP contribution in [0.4, 0.5) is 0 Å². The number of allylic oxidation sites excluding steroid dienone is 1. The number of phenolic OH excluding ortho intramolecular Hbond substituents is 1. The number of esters is 1. The highest BCUT2D eigenvalue weighted by molar-refractivity contribution is 9.11. The van der Waals surface area contributed by atoms with Crippen LogP contribution in [0.3, 0.4) is 0 Å². The molecular formula is C26H23Br3N2O6S. The van der Waals surface area contributed by atoms with E-state index in [2.05, 4.69) is 52.8 Å². The van der Waals surface area contributed by atoms with Crippen molar-refractivity contribution in [2.24, 2.45) is 4.99 Å². The zero-order valence-corrected chi connectivity index (χ0v) is 26.4. The third kappa shape index (κ3) is 5.36. The summed E-state index contributed by atoms with van der Waals surface area (Å²) in [6.45, 7) is 5.90. The minimum Gasteiger partial charge on any atom is -0.506 e. The summed E-state index contributed by atoms with van der Waals surface area (Å²) in [5.41, 5.74) is 1.35. The summed E-state index contributed by atoms with van der Waals surface area (Å²) >= 11 is 11.5. The Hall–Kier alpha value is -2.41. The topological polar surface area (TPSA) is 99.4 Å². The minimum absolute atomic E-state index is 0.00188. The number of rotatable bonds is 7. The molecular weight excluding hydrogens is 708 g/mol. The third-order valence-electron chi connectivity index (χ3n) is 5.74. The largest absolute Gasteiger partial charge is 0.506 e. The summed E-state index contributed by atoms with van der Waals surface area (Å²) in [5.74, 6) is 0.403. The van der Waals surface area contributed by atoms with E-state index in [4.69, 9.17) is 14.2 Å². The highest BCUT2D eigenvalue weighted by Crippen LogP contribution is 2.41. The summed E-state index contributed by atoms with van der Waals surface area (Å²) in [5, 5.41) is 10.6. The van der Waals surface area contributed by atoms with Gasteiger partial charge in [0, 0.05) is 14.5 Å². The SMILES string of the molecule is CCOC(=O)C1=C(C)N=c2s/c(=C/c3cc(Br)cc(Br)c3O)c(=O)n2[C@@H]1c1cc(OC)c(OCC)cc1Br. The van der Waals surface area contributed by atoms with E-state index in [1.807, 2.05) is 6.92 Å². The number of hydrogen-bond donors (Lipinski definition) is 1. The van der Waals surface area contributed by atoms with Gasteiger partial charge in [-0.05, 0) is 72.6 Å². The fraction of sp³-hybridized carbons (Fsp3) is 0.269. The molecule has 0 fully saturated rings. The Morgan fingerprint density at radius 1 is 1.13 bits per heavy atom. The van der Waals surface area contributed by atoms with Crippen molar-refractivity contribution in [1.82, 2.24) is 4.57 Å². The molecule has 1 aliphatic rings. The Kier molecular flexibility index (Phi) is 8.85. The average molecular weight is 731 g/mol. The first kappa shape index (κ1) is 28.6. The molecule has 8 nitrogen and oxygen atoms in total. The summed E-state index contributed by atoms with van der Waals surface area (Å²) in [7, 11) is 1.52. The van der Waals surface area contributed by atoms with Crippen LogP contribution in [0.15, 0.2) is 58.7 Å². The van der Waals surface area contributed by atoms with Gasteiger partial charge in [-0.25, -0.2) is 9.79 Å². The molecule has 1 N–H and O–H groups in total. The van der Waals surface area contributed by atoms with Crippen molar-refractivity contribution < 1.29 is 24.1 Å². The van der Waals surface area contributed by atoms with Crippen LogP contribution in [0.5, 0.6) is 17.2 Å². The number of fused-ring (bicyclic) bond motifs is 1. The van der Waals surface area contributed by atoms with E-state index >= 15 is 0 Å². The lowest BCUT2D eigenvalue weighted by molar-refractivity contribution is -0.139. The third-order valence-corrected chi connectivity index (χ3v) is 8.47. The molecule has 2 heterocycles. The second kappa shape index (κ2) is 11.8. The zero-order chi connectivity index (χ0) is 27.7. The van der Waals surface area contributed by atoms with Gasteiger partial charge in [0.05, 0.1) is 46.6 Å². The smallest absolute Gasteiger partial charge is 0.338 e. The van der Waals surface area contributed by atoms with Gasteiger partial charge >= 0.3 is 5.97 Å². The maximum Gasteiger partial charge on any atom is 0.338 e. The van der Waals surface area contributed by atoms with Gasteiger partial charge in [-0.15, -0.1) is 0 Å². The van der Waals surface area contributed by atoms with E-state index in [-0.39, 0.29) is 23.5 Å². The number of halogens is 3. The first-order chi connectivity index (χ1) is 18.1. The molecule has 2 aromatic carbocycles.